The monoisotopic (exact) mass is 338 g/mol. The Kier molecular flexibility index (Phi) is 32.8. The minimum Gasteiger partial charge on any atom is -1.00 e. The zero-order chi connectivity index (χ0) is 15.0. The quantitative estimate of drug-likeness (QED) is 0.337. The summed E-state index contributed by atoms with van der Waals surface area (Å²) in [7, 11) is -4.67. The summed E-state index contributed by atoms with van der Waals surface area (Å²) in [6.45, 7) is 4.57. The second-order valence-electron chi connectivity index (χ2n) is 4.98. The molecule has 0 atom stereocenters. The van der Waals surface area contributed by atoms with E-state index < -0.39 is 10.4 Å². The SMILES string of the molecule is CCCCCCCCCCCCCC.O.O=S(=O)(O)O.[H-].[Na+]. The standard InChI is InChI=1S/C14H30.Na.H2O4S.H2O.H/c1-3-5-7-9-11-13-14-12-10-8-6-4-2;;1-5(2,3)4;;/h3-14H2,1-2H3;;(H2,1,2,3,4);1H2;/q;+1;;;-1. The molecule has 0 fully saturated rings. The van der Waals surface area contributed by atoms with E-state index >= 15 is 0 Å². The Morgan fingerprint density at radius 2 is 0.810 bits per heavy atom. The zero-order valence-corrected chi connectivity index (χ0v) is 16.9. The molecule has 0 heterocycles. The predicted molar refractivity (Wildman–Crippen MR) is 85.7 cm³/mol. The van der Waals surface area contributed by atoms with Gasteiger partial charge in [-0.1, -0.05) is 90.9 Å². The Hall–Kier alpha value is 0.830. The van der Waals surface area contributed by atoms with Crippen LogP contribution in [0.25, 0.3) is 0 Å². The molecule has 7 heteroatoms. The Morgan fingerprint density at radius 1 is 0.667 bits per heavy atom. The van der Waals surface area contributed by atoms with Crippen LogP contribution in [0.1, 0.15) is 92.3 Å². The first-order valence-corrected chi connectivity index (χ1v) is 9.01. The van der Waals surface area contributed by atoms with E-state index in [-0.39, 0.29) is 36.5 Å². The van der Waals surface area contributed by atoms with Crippen LogP contribution >= 0.6 is 0 Å². The smallest absolute Gasteiger partial charge is 1.00 e. The second-order valence-corrected chi connectivity index (χ2v) is 5.88. The fourth-order valence-corrected chi connectivity index (χ4v) is 1.91. The molecule has 0 rings (SSSR count). The predicted octanol–water partition coefficient (Wildman–Crippen LogP) is 1.35. The third-order valence-corrected chi connectivity index (χ3v) is 2.96. The van der Waals surface area contributed by atoms with Crippen molar-refractivity contribution in [3.05, 3.63) is 0 Å². The van der Waals surface area contributed by atoms with E-state index in [1.165, 1.54) is 77.0 Å². The number of hydrogen-bond acceptors (Lipinski definition) is 2. The molecule has 0 saturated carbocycles. The van der Waals surface area contributed by atoms with Gasteiger partial charge < -0.3 is 6.90 Å². The molecule has 0 saturated heterocycles. The van der Waals surface area contributed by atoms with Crippen LogP contribution in [0.15, 0.2) is 0 Å². The van der Waals surface area contributed by atoms with Gasteiger partial charge in [0.1, 0.15) is 0 Å². The van der Waals surface area contributed by atoms with Gasteiger partial charge in [0.15, 0.2) is 0 Å². The molecule has 0 radical (unpaired) electrons. The van der Waals surface area contributed by atoms with E-state index in [0.717, 1.165) is 0 Å². The molecule has 0 spiro atoms. The molecule has 0 aliphatic rings. The first-order chi connectivity index (χ1) is 8.91. The second kappa shape index (κ2) is 23.1. The van der Waals surface area contributed by atoms with Crippen molar-refractivity contribution in [2.24, 2.45) is 0 Å². The van der Waals surface area contributed by atoms with Gasteiger partial charge in [0, 0.05) is 0 Å². The molecule has 0 bridgehead atoms. The summed E-state index contributed by atoms with van der Waals surface area (Å²) in [6.07, 6.45) is 17.4. The number of hydrogen-bond donors (Lipinski definition) is 2. The molecule has 0 aromatic rings. The maximum Gasteiger partial charge on any atom is 1.00 e. The minimum atomic E-state index is -4.67. The molecule has 0 unspecified atom stereocenters. The van der Waals surface area contributed by atoms with Crippen molar-refractivity contribution in [2.75, 3.05) is 0 Å². The maximum absolute atomic E-state index is 8.74. The van der Waals surface area contributed by atoms with E-state index in [1.54, 1.807) is 0 Å². The molecular weight excluding hydrogens is 303 g/mol. The normalized spacial score (nSPS) is 9.90. The van der Waals surface area contributed by atoms with Crippen molar-refractivity contribution in [3.63, 3.8) is 0 Å². The topological polar surface area (TPSA) is 106 Å². The molecular formula is C14H35NaO5S. The van der Waals surface area contributed by atoms with Gasteiger partial charge in [-0.3, -0.25) is 9.11 Å². The van der Waals surface area contributed by atoms with E-state index in [2.05, 4.69) is 13.8 Å². The van der Waals surface area contributed by atoms with Crippen molar-refractivity contribution in [1.82, 2.24) is 0 Å². The fourth-order valence-electron chi connectivity index (χ4n) is 1.91. The minimum absolute atomic E-state index is 0. The fraction of sp³-hybridized carbons (Fsp3) is 1.00. The van der Waals surface area contributed by atoms with E-state index in [9.17, 15) is 0 Å². The Balaban J connectivity index is -0.000000105. The Labute approximate surface area is 155 Å². The van der Waals surface area contributed by atoms with Gasteiger partial charge in [-0.25, -0.2) is 0 Å². The van der Waals surface area contributed by atoms with Gasteiger partial charge in [-0.05, 0) is 0 Å². The van der Waals surface area contributed by atoms with Crippen LogP contribution in [0.2, 0.25) is 0 Å². The summed E-state index contributed by atoms with van der Waals surface area (Å²) < 4.78 is 31.6. The third kappa shape index (κ3) is 52.8. The molecule has 0 aliphatic heterocycles. The van der Waals surface area contributed by atoms with E-state index in [1.807, 2.05) is 0 Å². The van der Waals surface area contributed by atoms with Crippen LogP contribution in [0.3, 0.4) is 0 Å². The van der Waals surface area contributed by atoms with Crippen molar-refractivity contribution in [2.45, 2.75) is 90.9 Å². The van der Waals surface area contributed by atoms with Gasteiger partial charge in [0.05, 0.1) is 0 Å². The molecule has 0 aromatic heterocycles. The molecule has 0 aromatic carbocycles. The van der Waals surface area contributed by atoms with Crippen molar-refractivity contribution in [1.29, 1.82) is 0 Å². The maximum atomic E-state index is 8.74. The van der Waals surface area contributed by atoms with Crippen LogP contribution in [0.5, 0.6) is 0 Å². The number of rotatable bonds is 11. The Morgan fingerprint density at radius 3 is 0.952 bits per heavy atom. The molecule has 0 amide bonds. The average molecular weight is 338 g/mol. The summed E-state index contributed by atoms with van der Waals surface area (Å²) >= 11 is 0. The van der Waals surface area contributed by atoms with Gasteiger partial charge in [0.2, 0.25) is 0 Å². The molecule has 5 nitrogen and oxygen atoms in total. The van der Waals surface area contributed by atoms with Crippen LogP contribution in [0.4, 0.5) is 0 Å². The first kappa shape index (κ1) is 29.8. The van der Waals surface area contributed by atoms with Crippen LogP contribution < -0.4 is 29.6 Å². The summed E-state index contributed by atoms with van der Waals surface area (Å²) in [5.74, 6) is 0. The van der Waals surface area contributed by atoms with Crippen LogP contribution in [-0.2, 0) is 10.4 Å². The van der Waals surface area contributed by atoms with Gasteiger partial charge in [-0.15, -0.1) is 0 Å². The van der Waals surface area contributed by atoms with Crippen LogP contribution in [-0.4, -0.2) is 23.0 Å². The average Bonchev–Trinajstić information content (AvgIpc) is 2.29. The van der Waals surface area contributed by atoms with Crippen LogP contribution in [0, 0.1) is 0 Å². The molecule has 21 heavy (non-hydrogen) atoms. The zero-order valence-electron chi connectivity index (χ0n) is 15.1. The third-order valence-electron chi connectivity index (χ3n) is 2.96. The van der Waals surface area contributed by atoms with Gasteiger partial charge >= 0.3 is 40.0 Å². The number of unbranched alkanes of at least 4 members (excludes halogenated alkanes) is 11. The first-order valence-electron chi connectivity index (χ1n) is 7.61. The van der Waals surface area contributed by atoms with E-state index in [4.69, 9.17) is 17.5 Å². The molecule has 128 valence electrons. The van der Waals surface area contributed by atoms with Crippen molar-refractivity contribution >= 4 is 10.4 Å². The van der Waals surface area contributed by atoms with Crippen molar-refractivity contribution in [3.8, 4) is 0 Å². The largest absolute Gasteiger partial charge is 1.00 e. The summed E-state index contributed by atoms with van der Waals surface area (Å²) in [6, 6.07) is 0. The summed E-state index contributed by atoms with van der Waals surface area (Å²) in [4.78, 5) is 0. The summed E-state index contributed by atoms with van der Waals surface area (Å²) in [5.41, 5.74) is 0. The van der Waals surface area contributed by atoms with Crippen molar-refractivity contribution < 1.29 is 54.0 Å². The molecule has 4 N–H and O–H groups in total. The Bertz CT molecular complexity index is 244. The van der Waals surface area contributed by atoms with Gasteiger partial charge in [-0.2, -0.15) is 8.42 Å². The summed E-state index contributed by atoms with van der Waals surface area (Å²) in [5, 5.41) is 0. The molecule has 0 aliphatic carbocycles. The van der Waals surface area contributed by atoms with Gasteiger partial charge in [0.25, 0.3) is 0 Å². The van der Waals surface area contributed by atoms with E-state index in [0.29, 0.717) is 0 Å².